The number of hydrogen-bond donors (Lipinski definition) is 2. The summed E-state index contributed by atoms with van der Waals surface area (Å²) in [6, 6.07) is 12.3. The molecule has 1 aliphatic rings. The predicted octanol–water partition coefficient (Wildman–Crippen LogP) is 2.72. The number of hydrogen-bond acceptors (Lipinski definition) is 8. The molecule has 0 fully saturated rings. The first-order valence-electron chi connectivity index (χ1n) is 11.1. The molecule has 0 aliphatic heterocycles. The van der Waals surface area contributed by atoms with E-state index in [-0.39, 0.29) is 12.0 Å². The third kappa shape index (κ3) is 5.34. The minimum absolute atomic E-state index is 0.0692. The van der Waals surface area contributed by atoms with Gasteiger partial charge in [-0.2, -0.15) is 10.2 Å². The normalized spacial score (nSPS) is 15.0. The largest absolute Gasteiger partial charge is 0.490 e. The molecule has 2 aromatic carbocycles. The van der Waals surface area contributed by atoms with Crippen LogP contribution < -0.4 is 14.8 Å². The van der Waals surface area contributed by atoms with Crippen LogP contribution in [-0.4, -0.2) is 43.4 Å². The summed E-state index contributed by atoms with van der Waals surface area (Å²) in [5.41, 5.74) is 3.43. The molecule has 2 N–H and O–H groups in total. The number of fused-ring (bicyclic) bond motifs is 1. The van der Waals surface area contributed by atoms with E-state index in [1.54, 1.807) is 24.3 Å². The molecule has 1 aliphatic carbocycles. The maximum atomic E-state index is 12.4. The van der Waals surface area contributed by atoms with Crippen LogP contribution in [0, 0.1) is 11.3 Å². The Morgan fingerprint density at radius 2 is 2.11 bits per heavy atom. The smallest absolute Gasteiger partial charge is 0.258 e. The van der Waals surface area contributed by atoms with Crippen LogP contribution in [0.4, 0.5) is 0 Å². The number of rotatable bonds is 8. The monoisotopic (exact) mass is 495 g/mol. The number of sulfonamides is 1. The van der Waals surface area contributed by atoms with Gasteiger partial charge in [-0.3, -0.25) is 4.79 Å². The summed E-state index contributed by atoms with van der Waals surface area (Å²) in [6.45, 7) is 3.77. The molecule has 3 aromatic rings. The first kappa shape index (κ1) is 24.4. The van der Waals surface area contributed by atoms with Crippen molar-refractivity contribution in [1.82, 2.24) is 20.2 Å². The molecule has 10 nitrogen and oxygen atoms in total. The molecule has 1 atom stereocenters. The fourth-order valence-corrected chi connectivity index (χ4v) is 5.30. The second kappa shape index (κ2) is 9.85. The third-order valence-electron chi connectivity index (χ3n) is 5.57. The Morgan fingerprint density at radius 3 is 2.83 bits per heavy atom. The molecule has 0 spiro atoms. The Kier molecular flexibility index (Phi) is 6.86. The molecule has 0 bridgehead atoms. The van der Waals surface area contributed by atoms with Gasteiger partial charge in [-0.15, -0.1) is 0 Å². The Bertz CT molecular complexity index is 1410. The van der Waals surface area contributed by atoms with Crippen LogP contribution in [0.1, 0.15) is 43.0 Å². The van der Waals surface area contributed by atoms with Crippen molar-refractivity contribution in [3.05, 3.63) is 53.1 Å². The first-order chi connectivity index (χ1) is 16.7. The lowest BCUT2D eigenvalue weighted by atomic mass is 10.0. The van der Waals surface area contributed by atoms with E-state index in [0.717, 1.165) is 16.7 Å². The number of benzene rings is 2. The highest BCUT2D eigenvalue weighted by Crippen LogP contribution is 2.38. The lowest BCUT2D eigenvalue weighted by Crippen LogP contribution is -2.36. The summed E-state index contributed by atoms with van der Waals surface area (Å²) in [7, 11) is -2.40. The quantitative estimate of drug-likeness (QED) is 0.485. The minimum Gasteiger partial charge on any atom is -0.490 e. The lowest BCUT2D eigenvalue weighted by molar-refractivity contribution is -0.118. The molecule has 1 aromatic heterocycles. The highest BCUT2D eigenvalue weighted by Gasteiger charge is 2.30. The second-order valence-electron chi connectivity index (χ2n) is 8.43. The van der Waals surface area contributed by atoms with Gasteiger partial charge in [0.1, 0.15) is 17.6 Å². The van der Waals surface area contributed by atoms with Gasteiger partial charge in [0.2, 0.25) is 21.8 Å². The summed E-state index contributed by atoms with van der Waals surface area (Å²) in [6.07, 6.45) is 1.09. The van der Waals surface area contributed by atoms with Crippen molar-refractivity contribution in [3.8, 4) is 34.7 Å². The number of nitriles is 1. The van der Waals surface area contributed by atoms with Crippen LogP contribution in [0.3, 0.4) is 0 Å². The first-order valence-corrected chi connectivity index (χ1v) is 12.7. The van der Waals surface area contributed by atoms with E-state index in [1.807, 2.05) is 26.0 Å². The van der Waals surface area contributed by atoms with Crippen molar-refractivity contribution in [2.45, 2.75) is 38.8 Å². The van der Waals surface area contributed by atoms with E-state index in [9.17, 15) is 18.5 Å². The molecular weight excluding hydrogens is 470 g/mol. The standard InChI is InChI=1S/C24H25N5O5S/c1-14(2)33-21-10-7-15(11-16(21)12-25)24-27-23(28-34-24)19-6-4-5-18-17(19)8-9-20(18)29-35(31,32)13-22(30)26-3/h4-7,10-11,14,20,29H,8-9,13H2,1-3H3,(H,26,30)/t20-/m1/s1. The molecule has 0 saturated carbocycles. The van der Waals surface area contributed by atoms with Gasteiger partial charge in [0.25, 0.3) is 5.89 Å². The summed E-state index contributed by atoms with van der Waals surface area (Å²) in [5.74, 6) is -0.101. The third-order valence-corrected chi connectivity index (χ3v) is 6.85. The second-order valence-corrected chi connectivity index (χ2v) is 10.2. The molecule has 1 amide bonds. The van der Waals surface area contributed by atoms with Crippen molar-refractivity contribution >= 4 is 15.9 Å². The van der Waals surface area contributed by atoms with E-state index in [0.29, 0.717) is 35.5 Å². The highest BCUT2D eigenvalue weighted by atomic mass is 32.2. The number of amides is 1. The van der Waals surface area contributed by atoms with E-state index in [1.165, 1.54) is 7.05 Å². The van der Waals surface area contributed by atoms with E-state index < -0.39 is 27.7 Å². The van der Waals surface area contributed by atoms with Crippen LogP contribution in [0.2, 0.25) is 0 Å². The molecule has 0 radical (unpaired) electrons. The Balaban J connectivity index is 1.60. The van der Waals surface area contributed by atoms with Crippen LogP contribution in [0.15, 0.2) is 40.9 Å². The molecule has 182 valence electrons. The average Bonchev–Trinajstić information content (AvgIpc) is 3.46. The zero-order valence-corrected chi connectivity index (χ0v) is 20.3. The Morgan fingerprint density at radius 1 is 1.31 bits per heavy atom. The van der Waals surface area contributed by atoms with Gasteiger partial charge in [-0.05, 0) is 56.0 Å². The van der Waals surface area contributed by atoms with E-state index in [4.69, 9.17) is 9.26 Å². The Hall–Kier alpha value is -3.75. The number of ether oxygens (including phenoxy) is 1. The number of nitrogens with one attached hydrogen (secondary N) is 2. The van der Waals surface area contributed by atoms with Crippen LogP contribution in [-0.2, 0) is 21.2 Å². The molecule has 0 saturated heterocycles. The molecule has 11 heteroatoms. The zero-order valence-electron chi connectivity index (χ0n) is 19.5. The van der Waals surface area contributed by atoms with E-state index in [2.05, 4.69) is 26.2 Å². The topological polar surface area (TPSA) is 147 Å². The summed E-state index contributed by atoms with van der Waals surface area (Å²) in [5, 5.41) is 15.9. The molecule has 4 rings (SSSR count). The van der Waals surface area contributed by atoms with Crippen molar-refractivity contribution in [2.24, 2.45) is 0 Å². The fourth-order valence-electron chi connectivity index (χ4n) is 4.05. The van der Waals surface area contributed by atoms with Crippen molar-refractivity contribution in [2.75, 3.05) is 12.8 Å². The predicted molar refractivity (Wildman–Crippen MR) is 128 cm³/mol. The van der Waals surface area contributed by atoms with Crippen LogP contribution in [0.25, 0.3) is 22.8 Å². The lowest BCUT2D eigenvalue weighted by Gasteiger charge is -2.14. The van der Waals surface area contributed by atoms with Gasteiger partial charge in [-0.1, -0.05) is 23.4 Å². The average molecular weight is 496 g/mol. The van der Waals surface area contributed by atoms with Gasteiger partial charge < -0.3 is 14.6 Å². The van der Waals surface area contributed by atoms with Gasteiger partial charge >= 0.3 is 0 Å². The van der Waals surface area contributed by atoms with Crippen molar-refractivity contribution in [1.29, 1.82) is 5.26 Å². The number of nitrogens with zero attached hydrogens (tertiary/aromatic N) is 3. The minimum atomic E-state index is -3.79. The highest BCUT2D eigenvalue weighted by molar-refractivity contribution is 7.90. The van der Waals surface area contributed by atoms with Crippen LogP contribution in [0.5, 0.6) is 5.75 Å². The molecule has 1 heterocycles. The molecular formula is C24H25N5O5S. The number of carbonyl (C=O) groups is 1. The number of aromatic nitrogens is 2. The molecule has 35 heavy (non-hydrogen) atoms. The van der Waals surface area contributed by atoms with Crippen molar-refractivity contribution in [3.63, 3.8) is 0 Å². The van der Waals surface area contributed by atoms with Gasteiger partial charge in [0, 0.05) is 24.2 Å². The summed E-state index contributed by atoms with van der Waals surface area (Å²) in [4.78, 5) is 16.1. The maximum absolute atomic E-state index is 12.4. The fraction of sp³-hybridized carbons (Fsp3) is 0.333. The zero-order chi connectivity index (χ0) is 25.2. The summed E-state index contributed by atoms with van der Waals surface area (Å²) >= 11 is 0. The number of carbonyl (C=O) groups excluding carboxylic acids is 1. The Labute approximate surface area is 203 Å². The molecule has 0 unspecified atom stereocenters. The maximum Gasteiger partial charge on any atom is 0.258 e. The van der Waals surface area contributed by atoms with Gasteiger partial charge in [-0.25, -0.2) is 13.1 Å². The SMILES string of the molecule is CNC(=O)CS(=O)(=O)N[C@@H]1CCc2c(-c3noc(-c4ccc(OC(C)C)c(C#N)c4)n3)cccc21. The van der Waals surface area contributed by atoms with Gasteiger partial charge in [0.15, 0.2) is 0 Å². The van der Waals surface area contributed by atoms with E-state index >= 15 is 0 Å². The van der Waals surface area contributed by atoms with Crippen molar-refractivity contribution < 1.29 is 22.5 Å². The summed E-state index contributed by atoms with van der Waals surface area (Å²) < 4.78 is 38.5. The van der Waals surface area contributed by atoms with Gasteiger partial charge in [0.05, 0.1) is 11.7 Å². The van der Waals surface area contributed by atoms with Crippen LogP contribution >= 0.6 is 0 Å².